The van der Waals surface area contributed by atoms with Crippen LogP contribution in [0.2, 0.25) is 0 Å². The summed E-state index contributed by atoms with van der Waals surface area (Å²) in [4.78, 5) is 0. The van der Waals surface area contributed by atoms with Crippen LogP contribution in [0.4, 0.5) is 0 Å². The van der Waals surface area contributed by atoms with Crippen molar-refractivity contribution in [1.29, 1.82) is 0 Å². The van der Waals surface area contributed by atoms with Gasteiger partial charge in [0.2, 0.25) is 0 Å². The molecule has 0 N–H and O–H groups in total. The van der Waals surface area contributed by atoms with Crippen molar-refractivity contribution in [2.75, 3.05) is 0 Å². The van der Waals surface area contributed by atoms with Gasteiger partial charge in [-0.15, -0.1) is 0 Å². The maximum Gasteiger partial charge on any atom is 0.143 e. The molecule has 0 amide bonds. The quantitative estimate of drug-likeness (QED) is 0.191. The van der Waals surface area contributed by atoms with E-state index in [2.05, 4.69) is 140 Å². The van der Waals surface area contributed by atoms with Crippen LogP contribution in [-0.2, 0) is 0 Å². The van der Waals surface area contributed by atoms with Gasteiger partial charge in [-0.2, -0.15) is 0 Å². The number of rotatable bonds is 4. The van der Waals surface area contributed by atoms with E-state index >= 15 is 0 Å². The molecule has 0 bridgehead atoms. The molecule has 45 heavy (non-hydrogen) atoms. The summed E-state index contributed by atoms with van der Waals surface area (Å²) in [5.74, 6) is 0. The molecule has 0 aliphatic rings. The van der Waals surface area contributed by atoms with Gasteiger partial charge in [-0.3, -0.25) is 0 Å². The van der Waals surface area contributed by atoms with Crippen molar-refractivity contribution in [1.82, 2.24) is 0 Å². The third-order valence-corrected chi connectivity index (χ3v) is 9.00. The summed E-state index contributed by atoms with van der Waals surface area (Å²) in [5.41, 5.74) is 10.8. The Morgan fingerprint density at radius 2 is 0.889 bits per heavy atom. The van der Waals surface area contributed by atoms with Gasteiger partial charge >= 0.3 is 0 Å². The monoisotopic (exact) mass is 573 g/mol. The van der Waals surface area contributed by atoms with E-state index in [1.54, 1.807) is 0 Å². The molecule has 0 radical (unpaired) electrons. The lowest BCUT2D eigenvalue weighted by atomic mass is 9.85. The van der Waals surface area contributed by atoms with Crippen LogP contribution in [0.5, 0.6) is 0 Å². The van der Waals surface area contributed by atoms with Gasteiger partial charge in [0.05, 0.1) is 1.37 Å². The fraction of sp³-hybridized carbons (Fsp3) is 0. The SMILES string of the molecule is [2H]c1cccc2c(-c3cccc4c3oc3cccc(-c5ccc(-c6ccccc6)cc5)c34)c3ccccc3c(-c3ccccc3)c12. The van der Waals surface area contributed by atoms with E-state index in [4.69, 9.17) is 5.79 Å². The zero-order valence-electron chi connectivity index (χ0n) is 25.5. The Balaban J connectivity index is 1.32. The summed E-state index contributed by atoms with van der Waals surface area (Å²) >= 11 is 0. The van der Waals surface area contributed by atoms with E-state index < -0.39 is 0 Å². The minimum absolute atomic E-state index is 0.515. The molecule has 0 saturated heterocycles. The third-order valence-electron chi connectivity index (χ3n) is 9.00. The number of benzene rings is 8. The smallest absolute Gasteiger partial charge is 0.143 e. The molecule has 0 aliphatic carbocycles. The highest BCUT2D eigenvalue weighted by atomic mass is 16.3. The fourth-order valence-corrected chi connectivity index (χ4v) is 7.00. The normalized spacial score (nSPS) is 11.9. The van der Waals surface area contributed by atoms with Gasteiger partial charge in [0, 0.05) is 21.9 Å². The number of furan rings is 1. The second kappa shape index (κ2) is 10.4. The van der Waals surface area contributed by atoms with E-state index in [9.17, 15) is 0 Å². The standard InChI is InChI=1S/C44H28O/c1-3-13-29(14-4-1)30-25-27-31(28-26-30)33-21-12-24-40-43(33)39-23-11-22-38(44(39)45-40)42-36-19-9-7-17-34(36)41(32-15-5-2-6-16-32)35-18-8-10-20-37(35)42/h1-28H/i17D. The number of hydrogen-bond donors (Lipinski definition) is 0. The first-order valence-electron chi connectivity index (χ1n) is 15.9. The largest absolute Gasteiger partial charge is 0.455 e. The van der Waals surface area contributed by atoms with E-state index in [0.717, 1.165) is 76.9 Å². The lowest BCUT2D eigenvalue weighted by Gasteiger charge is -2.17. The highest BCUT2D eigenvalue weighted by Crippen LogP contribution is 2.47. The van der Waals surface area contributed by atoms with Crippen molar-refractivity contribution in [3.8, 4) is 44.5 Å². The topological polar surface area (TPSA) is 13.1 Å². The molecule has 1 aromatic heterocycles. The Hall–Kier alpha value is -5.92. The minimum atomic E-state index is 0.515. The van der Waals surface area contributed by atoms with Crippen molar-refractivity contribution in [2.45, 2.75) is 0 Å². The van der Waals surface area contributed by atoms with Crippen LogP contribution in [0.3, 0.4) is 0 Å². The van der Waals surface area contributed by atoms with Crippen molar-refractivity contribution >= 4 is 43.5 Å². The molecule has 0 spiro atoms. The van der Waals surface area contributed by atoms with Gasteiger partial charge in [-0.05, 0) is 61.0 Å². The van der Waals surface area contributed by atoms with Crippen molar-refractivity contribution in [3.05, 3.63) is 170 Å². The highest BCUT2D eigenvalue weighted by Gasteiger charge is 2.21. The average molecular weight is 574 g/mol. The average Bonchev–Trinajstić information content (AvgIpc) is 3.51. The first-order valence-corrected chi connectivity index (χ1v) is 15.4. The molecule has 0 saturated carbocycles. The van der Waals surface area contributed by atoms with Gasteiger partial charge in [-0.1, -0.05) is 164 Å². The molecule has 0 fully saturated rings. The fourth-order valence-electron chi connectivity index (χ4n) is 7.00. The van der Waals surface area contributed by atoms with Gasteiger partial charge < -0.3 is 4.42 Å². The Labute approximate surface area is 263 Å². The van der Waals surface area contributed by atoms with Crippen LogP contribution < -0.4 is 0 Å². The zero-order valence-corrected chi connectivity index (χ0v) is 24.5. The highest BCUT2D eigenvalue weighted by molar-refractivity contribution is 6.25. The van der Waals surface area contributed by atoms with Crippen LogP contribution >= 0.6 is 0 Å². The third kappa shape index (κ3) is 4.09. The van der Waals surface area contributed by atoms with Crippen LogP contribution in [0.15, 0.2) is 174 Å². The molecule has 0 unspecified atom stereocenters. The number of para-hydroxylation sites is 1. The molecule has 0 aliphatic heterocycles. The molecule has 0 atom stereocenters. The van der Waals surface area contributed by atoms with Crippen LogP contribution in [-0.4, -0.2) is 0 Å². The molecule has 1 heterocycles. The molecular weight excluding hydrogens is 544 g/mol. The van der Waals surface area contributed by atoms with Crippen LogP contribution in [0.25, 0.3) is 88.0 Å². The summed E-state index contributed by atoms with van der Waals surface area (Å²) < 4.78 is 15.9. The summed E-state index contributed by atoms with van der Waals surface area (Å²) in [6, 6.07) is 57.7. The first-order chi connectivity index (χ1) is 22.8. The summed E-state index contributed by atoms with van der Waals surface area (Å²) in [6.45, 7) is 0. The second-order valence-electron chi connectivity index (χ2n) is 11.5. The summed E-state index contributed by atoms with van der Waals surface area (Å²) in [7, 11) is 0. The molecule has 210 valence electrons. The maximum absolute atomic E-state index is 9.11. The van der Waals surface area contributed by atoms with Gasteiger partial charge in [0.1, 0.15) is 11.2 Å². The molecular formula is C44H28O. The predicted molar refractivity (Wildman–Crippen MR) is 190 cm³/mol. The maximum atomic E-state index is 9.11. The summed E-state index contributed by atoms with van der Waals surface area (Å²) in [5, 5.41) is 6.47. The zero-order chi connectivity index (χ0) is 30.6. The molecule has 1 heteroatoms. The summed E-state index contributed by atoms with van der Waals surface area (Å²) in [6.07, 6.45) is 0. The molecule has 9 rings (SSSR count). The van der Waals surface area contributed by atoms with Gasteiger partial charge in [-0.25, -0.2) is 0 Å². The Bertz CT molecular complexity index is 2560. The first kappa shape index (κ1) is 24.5. The Kier molecular flexibility index (Phi) is 5.65. The lowest BCUT2D eigenvalue weighted by molar-refractivity contribution is 0.670. The second-order valence-corrected chi connectivity index (χ2v) is 11.5. The van der Waals surface area contributed by atoms with Crippen molar-refractivity contribution < 1.29 is 5.79 Å². The van der Waals surface area contributed by atoms with Crippen LogP contribution in [0.1, 0.15) is 1.37 Å². The molecule has 1 nitrogen and oxygen atoms in total. The predicted octanol–water partition coefficient (Wildman–Crippen LogP) is 12.6. The van der Waals surface area contributed by atoms with Crippen molar-refractivity contribution in [2.24, 2.45) is 0 Å². The Morgan fingerprint density at radius 3 is 1.64 bits per heavy atom. The van der Waals surface area contributed by atoms with E-state index in [1.165, 1.54) is 11.1 Å². The van der Waals surface area contributed by atoms with E-state index in [0.29, 0.717) is 6.04 Å². The van der Waals surface area contributed by atoms with Gasteiger partial charge in [0.25, 0.3) is 0 Å². The number of fused-ring (bicyclic) bond motifs is 5. The minimum Gasteiger partial charge on any atom is -0.455 e. The Morgan fingerprint density at radius 1 is 0.356 bits per heavy atom. The van der Waals surface area contributed by atoms with Gasteiger partial charge in [0.15, 0.2) is 0 Å². The molecule has 8 aromatic carbocycles. The molecule has 9 aromatic rings. The van der Waals surface area contributed by atoms with E-state index in [1.807, 2.05) is 24.3 Å². The van der Waals surface area contributed by atoms with Crippen LogP contribution in [0, 0.1) is 0 Å². The lowest BCUT2D eigenvalue weighted by Crippen LogP contribution is -1.91. The number of hydrogen-bond acceptors (Lipinski definition) is 1. The van der Waals surface area contributed by atoms with Crippen molar-refractivity contribution in [3.63, 3.8) is 0 Å². The van der Waals surface area contributed by atoms with E-state index in [-0.39, 0.29) is 0 Å².